The van der Waals surface area contributed by atoms with Crippen molar-refractivity contribution in [3.05, 3.63) is 53.6 Å². The Morgan fingerprint density at radius 1 is 1.23 bits per heavy atom. The minimum Gasteiger partial charge on any atom is -0.504 e. The molecular formula is C20H24N2O4. The van der Waals surface area contributed by atoms with Gasteiger partial charge in [-0.1, -0.05) is 38.1 Å². The molecule has 2 rings (SSSR count). The number of aromatic hydroxyl groups is 1. The van der Waals surface area contributed by atoms with Crippen LogP contribution in [0.15, 0.2) is 47.6 Å². The summed E-state index contributed by atoms with van der Waals surface area (Å²) in [7, 11) is 1.46. The van der Waals surface area contributed by atoms with Gasteiger partial charge >= 0.3 is 0 Å². The second-order valence-corrected chi connectivity index (χ2v) is 5.83. The van der Waals surface area contributed by atoms with Crippen LogP contribution in [-0.2, 0) is 4.79 Å². The third-order valence-electron chi connectivity index (χ3n) is 4.06. The molecule has 138 valence electrons. The Bertz CT molecular complexity index is 774. The number of phenols is 1. The summed E-state index contributed by atoms with van der Waals surface area (Å²) >= 11 is 0. The van der Waals surface area contributed by atoms with Crippen molar-refractivity contribution in [1.82, 2.24) is 5.43 Å². The lowest BCUT2D eigenvalue weighted by Gasteiger charge is -2.15. The molecule has 26 heavy (non-hydrogen) atoms. The maximum atomic E-state index is 11.9. The molecule has 0 saturated carbocycles. The maximum Gasteiger partial charge on any atom is 0.277 e. The average Bonchev–Trinajstić information content (AvgIpc) is 2.67. The molecule has 2 aromatic rings. The van der Waals surface area contributed by atoms with E-state index in [0.29, 0.717) is 23.0 Å². The fraction of sp³-hybridized carbons (Fsp3) is 0.300. The highest BCUT2D eigenvalue weighted by Gasteiger charge is 2.11. The summed E-state index contributed by atoms with van der Waals surface area (Å²) in [6, 6.07) is 12.7. The number of carbonyl (C=O) groups excluding carboxylic acids is 1. The Kier molecular flexibility index (Phi) is 7.02. The number of amides is 1. The van der Waals surface area contributed by atoms with Gasteiger partial charge in [0.15, 0.2) is 18.1 Å². The minimum atomic E-state index is -0.386. The fourth-order valence-electron chi connectivity index (χ4n) is 2.40. The topological polar surface area (TPSA) is 80.2 Å². The Morgan fingerprint density at radius 3 is 2.69 bits per heavy atom. The molecule has 0 heterocycles. The smallest absolute Gasteiger partial charge is 0.277 e. The number of hydrazone groups is 1. The summed E-state index contributed by atoms with van der Waals surface area (Å²) in [5.74, 6) is 0.967. The van der Waals surface area contributed by atoms with E-state index in [1.165, 1.54) is 13.3 Å². The molecule has 6 nitrogen and oxygen atoms in total. The first-order chi connectivity index (χ1) is 12.6. The van der Waals surface area contributed by atoms with E-state index < -0.39 is 0 Å². The molecule has 0 bridgehead atoms. The van der Waals surface area contributed by atoms with Crippen molar-refractivity contribution >= 4 is 12.1 Å². The quantitative estimate of drug-likeness (QED) is 0.561. The number of para-hydroxylation sites is 2. The number of hydrogen-bond donors (Lipinski definition) is 2. The highest BCUT2D eigenvalue weighted by molar-refractivity contribution is 5.86. The van der Waals surface area contributed by atoms with E-state index >= 15 is 0 Å². The Hall–Kier alpha value is -3.02. The molecule has 1 unspecified atom stereocenters. The van der Waals surface area contributed by atoms with Crippen molar-refractivity contribution in [3.8, 4) is 17.2 Å². The predicted molar refractivity (Wildman–Crippen MR) is 101 cm³/mol. The molecule has 2 N–H and O–H groups in total. The summed E-state index contributed by atoms with van der Waals surface area (Å²) in [4.78, 5) is 11.9. The zero-order chi connectivity index (χ0) is 18.9. The zero-order valence-corrected chi connectivity index (χ0v) is 15.2. The number of hydrogen-bond acceptors (Lipinski definition) is 5. The lowest BCUT2D eigenvalue weighted by Crippen LogP contribution is -2.25. The lowest BCUT2D eigenvalue weighted by atomic mass is 9.98. The Labute approximate surface area is 153 Å². The van der Waals surface area contributed by atoms with Gasteiger partial charge in [0, 0.05) is 5.56 Å². The van der Waals surface area contributed by atoms with Crippen molar-refractivity contribution in [2.24, 2.45) is 5.10 Å². The van der Waals surface area contributed by atoms with Crippen LogP contribution in [0.2, 0.25) is 0 Å². The molecule has 2 aromatic carbocycles. The first-order valence-corrected chi connectivity index (χ1v) is 8.46. The maximum absolute atomic E-state index is 11.9. The molecule has 0 aromatic heterocycles. The van der Waals surface area contributed by atoms with E-state index in [1.807, 2.05) is 24.3 Å². The van der Waals surface area contributed by atoms with Crippen molar-refractivity contribution < 1.29 is 19.4 Å². The summed E-state index contributed by atoms with van der Waals surface area (Å²) in [5.41, 5.74) is 3.90. The van der Waals surface area contributed by atoms with Gasteiger partial charge < -0.3 is 14.6 Å². The predicted octanol–water partition coefficient (Wildman–Crippen LogP) is 3.44. The largest absolute Gasteiger partial charge is 0.504 e. The van der Waals surface area contributed by atoms with Gasteiger partial charge in [-0.25, -0.2) is 5.43 Å². The molecule has 6 heteroatoms. The van der Waals surface area contributed by atoms with Crippen molar-refractivity contribution in [2.45, 2.75) is 26.2 Å². The number of phenolic OH excluding ortho intramolecular Hbond substituents is 1. The molecule has 1 amide bonds. The minimum absolute atomic E-state index is 0.0354. The van der Waals surface area contributed by atoms with Gasteiger partial charge in [-0.2, -0.15) is 5.10 Å². The molecule has 1 atom stereocenters. The van der Waals surface area contributed by atoms with Gasteiger partial charge in [-0.3, -0.25) is 4.79 Å². The summed E-state index contributed by atoms with van der Waals surface area (Å²) in [5, 5.41) is 13.8. The van der Waals surface area contributed by atoms with Crippen LogP contribution in [0.3, 0.4) is 0 Å². The number of ether oxygens (including phenoxy) is 2. The van der Waals surface area contributed by atoms with Crippen LogP contribution in [-0.4, -0.2) is 30.9 Å². The molecule has 0 radical (unpaired) electrons. The molecule has 0 fully saturated rings. The molecular weight excluding hydrogens is 332 g/mol. The molecule has 0 saturated heterocycles. The van der Waals surface area contributed by atoms with Crippen molar-refractivity contribution in [2.75, 3.05) is 13.7 Å². The summed E-state index contributed by atoms with van der Waals surface area (Å²) < 4.78 is 10.7. The van der Waals surface area contributed by atoms with E-state index in [0.717, 1.165) is 12.0 Å². The SMILES string of the molecule is CCC(C)c1ccccc1OCC(=O)NN=Cc1cccc(OC)c1O. The van der Waals surface area contributed by atoms with Crippen molar-refractivity contribution in [1.29, 1.82) is 0 Å². The monoisotopic (exact) mass is 356 g/mol. The van der Waals surface area contributed by atoms with E-state index in [4.69, 9.17) is 9.47 Å². The van der Waals surface area contributed by atoms with Gasteiger partial charge in [-0.15, -0.1) is 0 Å². The number of methoxy groups -OCH3 is 1. The van der Waals surface area contributed by atoms with E-state index in [-0.39, 0.29) is 18.3 Å². The third kappa shape index (κ3) is 4.99. The second kappa shape index (κ2) is 9.46. The van der Waals surface area contributed by atoms with Crippen molar-refractivity contribution in [3.63, 3.8) is 0 Å². The lowest BCUT2D eigenvalue weighted by molar-refractivity contribution is -0.123. The molecule has 0 aliphatic heterocycles. The molecule has 0 spiro atoms. The molecule has 0 aliphatic rings. The number of benzene rings is 2. The number of rotatable bonds is 8. The summed E-state index contributed by atoms with van der Waals surface area (Å²) in [6.07, 6.45) is 2.34. The number of nitrogens with one attached hydrogen (secondary N) is 1. The van der Waals surface area contributed by atoms with Gasteiger partial charge in [-0.05, 0) is 36.1 Å². The first-order valence-electron chi connectivity index (χ1n) is 8.46. The zero-order valence-electron chi connectivity index (χ0n) is 15.2. The third-order valence-corrected chi connectivity index (χ3v) is 4.06. The van der Waals surface area contributed by atoms with Gasteiger partial charge in [0.25, 0.3) is 5.91 Å². The normalized spacial score (nSPS) is 12.0. The number of carbonyl (C=O) groups is 1. The van der Waals surface area contributed by atoms with E-state index in [2.05, 4.69) is 24.4 Å². The Balaban J connectivity index is 1.92. The van der Waals surface area contributed by atoms with Gasteiger partial charge in [0.05, 0.1) is 13.3 Å². The highest BCUT2D eigenvalue weighted by atomic mass is 16.5. The highest BCUT2D eigenvalue weighted by Crippen LogP contribution is 2.29. The summed E-state index contributed by atoms with van der Waals surface area (Å²) in [6.45, 7) is 4.08. The van der Waals surface area contributed by atoms with Crippen LogP contribution in [0.1, 0.15) is 37.3 Å². The fourth-order valence-corrected chi connectivity index (χ4v) is 2.40. The van der Waals surface area contributed by atoms with Crippen LogP contribution in [0, 0.1) is 0 Å². The van der Waals surface area contributed by atoms with Gasteiger partial charge in [0.1, 0.15) is 5.75 Å². The average molecular weight is 356 g/mol. The van der Waals surface area contributed by atoms with E-state index in [9.17, 15) is 9.90 Å². The Morgan fingerprint density at radius 2 is 1.96 bits per heavy atom. The standard InChI is InChI=1S/C20H24N2O4/c1-4-14(2)16-9-5-6-10-17(16)26-13-19(23)22-21-12-15-8-7-11-18(25-3)20(15)24/h5-12,14,24H,4,13H2,1-3H3,(H,22,23). The van der Waals surface area contributed by atoms with Crippen LogP contribution < -0.4 is 14.9 Å². The van der Waals surface area contributed by atoms with E-state index in [1.54, 1.807) is 18.2 Å². The van der Waals surface area contributed by atoms with Gasteiger partial charge in [0.2, 0.25) is 0 Å². The first kappa shape index (κ1) is 19.3. The van der Waals surface area contributed by atoms with Crippen LogP contribution in [0.5, 0.6) is 17.2 Å². The number of nitrogens with zero attached hydrogens (tertiary/aromatic N) is 1. The van der Waals surface area contributed by atoms with Crippen LogP contribution in [0.4, 0.5) is 0 Å². The molecule has 0 aliphatic carbocycles. The second-order valence-electron chi connectivity index (χ2n) is 5.83. The van der Waals surface area contributed by atoms with Crippen LogP contribution in [0.25, 0.3) is 0 Å². The van der Waals surface area contributed by atoms with Crippen LogP contribution >= 0.6 is 0 Å².